The van der Waals surface area contributed by atoms with Gasteiger partial charge in [0.1, 0.15) is 5.82 Å². The highest BCUT2D eigenvalue weighted by Gasteiger charge is 2.46. The summed E-state index contributed by atoms with van der Waals surface area (Å²) in [6.45, 7) is 4.29. The first-order valence-corrected chi connectivity index (χ1v) is 9.37. The molecule has 1 aliphatic carbocycles. The fraction of sp³-hybridized carbons (Fsp3) is 0.778. The number of halogens is 2. The summed E-state index contributed by atoms with van der Waals surface area (Å²) in [5, 5.41) is 0. The Labute approximate surface area is 147 Å². The van der Waals surface area contributed by atoms with Gasteiger partial charge in [0.25, 0.3) is 5.92 Å². The van der Waals surface area contributed by atoms with Crippen molar-refractivity contribution in [3.05, 3.63) is 17.7 Å². The van der Waals surface area contributed by atoms with Crippen LogP contribution in [0, 0.1) is 5.92 Å². The molecule has 1 saturated carbocycles. The quantitative estimate of drug-likeness (QED) is 0.836. The van der Waals surface area contributed by atoms with Crippen LogP contribution in [-0.2, 0) is 17.8 Å². The third-order valence-electron chi connectivity index (χ3n) is 5.90. The molecular weight excluding hydrogens is 326 g/mol. The predicted molar refractivity (Wildman–Crippen MR) is 89.4 cm³/mol. The molecule has 0 bridgehead atoms. The molecule has 1 amide bonds. The van der Waals surface area contributed by atoms with Crippen LogP contribution in [0.15, 0.2) is 6.20 Å². The molecule has 138 valence electrons. The van der Waals surface area contributed by atoms with Crippen LogP contribution in [0.5, 0.6) is 0 Å². The molecule has 2 fully saturated rings. The fourth-order valence-electron chi connectivity index (χ4n) is 4.41. The Bertz CT molecular complexity index is 646. The van der Waals surface area contributed by atoms with Crippen molar-refractivity contribution in [1.82, 2.24) is 19.4 Å². The van der Waals surface area contributed by atoms with Gasteiger partial charge in [-0.3, -0.25) is 9.69 Å². The molecule has 1 aromatic heterocycles. The summed E-state index contributed by atoms with van der Waals surface area (Å²) >= 11 is 0. The van der Waals surface area contributed by atoms with Gasteiger partial charge in [-0.15, -0.1) is 0 Å². The lowest BCUT2D eigenvalue weighted by molar-refractivity contribution is -0.165. The summed E-state index contributed by atoms with van der Waals surface area (Å²) in [5.74, 6) is -1.16. The normalized spacial score (nSPS) is 26.5. The second-order valence-electron chi connectivity index (χ2n) is 7.89. The largest absolute Gasteiger partial charge is 0.332 e. The summed E-state index contributed by atoms with van der Waals surface area (Å²) in [6, 6.07) is 0.242. The lowest BCUT2D eigenvalue weighted by Crippen LogP contribution is -2.58. The zero-order valence-electron chi connectivity index (χ0n) is 14.8. The van der Waals surface area contributed by atoms with E-state index >= 15 is 0 Å². The van der Waals surface area contributed by atoms with Crippen LogP contribution in [-0.4, -0.2) is 57.4 Å². The Morgan fingerprint density at radius 2 is 2.00 bits per heavy atom. The zero-order valence-corrected chi connectivity index (χ0v) is 14.8. The molecule has 5 nitrogen and oxygen atoms in total. The third-order valence-corrected chi connectivity index (χ3v) is 5.90. The standard InChI is InChI=1S/C18H26F2N4O/c1-13-17-21-15(8-16(25)24-11-18(19,20)12-24)10-23(17)7-6-22(13)9-14-4-2-3-5-14/h10,13-14H,2-9,11-12H2,1H3/t13-/m0/s1. The Hall–Kier alpha value is -1.50. The predicted octanol–water partition coefficient (Wildman–Crippen LogP) is 2.47. The van der Waals surface area contributed by atoms with E-state index in [9.17, 15) is 13.6 Å². The molecule has 1 atom stereocenters. The van der Waals surface area contributed by atoms with Crippen molar-refractivity contribution >= 4 is 5.91 Å². The van der Waals surface area contributed by atoms with Gasteiger partial charge in [-0.25, -0.2) is 13.8 Å². The molecule has 25 heavy (non-hydrogen) atoms. The number of aromatic nitrogens is 2. The van der Waals surface area contributed by atoms with Crippen LogP contribution in [0.1, 0.15) is 50.2 Å². The minimum Gasteiger partial charge on any atom is -0.332 e. The van der Waals surface area contributed by atoms with Gasteiger partial charge < -0.3 is 9.47 Å². The second kappa shape index (κ2) is 6.34. The Balaban J connectivity index is 1.38. The smallest absolute Gasteiger partial charge is 0.282 e. The van der Waals surface area contributed by atoms with Crippen molar-refractivity contribution in [2.24, 2.45) is 5.92 Å². The Morgan fingerprint density at radius 1 is 1.28 bits per heavy atom. The molecule has 3 aliphatic rings. The number of carbonyl (C=O) groups excluding carboxylic acids is 1. The van der Waals surface area contributed by atoms with Gasteiger partial charge in [0.15, 0.2) is 0 Å². The second-order valence-corrected chi connectivity index (χ2v) is 7.89. The van der Waals surface area contributed by atoms with Crippen LogP contribution in [0.4, 0.5) is 8.78 Å². The molecule has 0 N–H and O–H groups in total. The monoisotopic (exact) mass is 352 g/mol. The summed E-state index contributed by atoms with van der Waals surface area (Å²) in [7, 11) is 0. The lowest BCUT2D eigenvalue weighted by atomic mass is 10.1. The molecule has 0 spiro atoms. The minimum absolute atomic E-state index is 0.116. The number of hydrogen-bond acceptors (Lipinski definition) is 3. The van der Waals surface area contributed by atoms with E-state index in [-0.39, 0.29) is 18.4 Å². The van der Waals surface area contributed by atoms with Crippen molar-refractivity contribution in [3.8, 4) is 0 Å². The molecular formula is C18H26F2N4O. The minimum atomic E-state index is -2.71. The molecule has 0 aromatic carbocycles. The van der Waals surface area contributed by atoms with E-state index in [0.29, 0.717) is 5.69 Å². The summed E-state index contributed by atoms with van der Waals surface area (Å²) in [6.07, 6.45) is 7.41. The number of alkyl halides is 2. The van der Waals surface area contributed by atoms with Gasteiger partial charge in [-0.05, 0) is 25.7 Å². The first kappa shape index (κ1) is 16.9. The Kier molecular flexibility index (Phi) is 4.30. The van der Waals surface area contributed by atoms with Crippen LogP contribution in [0.2, 0.25) is 0 Å². The topological polar surface area (TPSA) is 41.4 Å². The first-order chi connectivity index (χ1) is 11.9. The highest BCUT2D eigenvalue weighted by Crippen LogP contribution is 2.31. The van der Waals surface area contributed by atoms with E-state index in [2.05, 4.69) is 21.4 Å². The maximum Gasteiger partial charge on any atom is 0.282 e. The van der Waals surface area contributed by atoms with Gasteiger partial charge in [-0.1, -0.05) is 12.8 Å². The highest BCUT2D eigenvalue weighted by molar-refractivity contribution is 5.79. The van der Waals surface area contributed by atoms with Crippen LogP contribution < -0.4 is 0 Å². The molecule has 1 aromatic rings. The van der Waals surface area contributed by atoms with Gasteiger partial charge in [-0.2, -0.15) is 0 Å². The number of hydrogen-bond donors (Lipinski definition) is 0. The van der Waals surface area contributed by atoms with Gasteiger partial charge in [0, 0.05) is 25.8 Å². The molecule has 0 unspecified atom stereocenters. The maximum atomic E-state index is 12.9. The average Bonchev–Trinajstić information content (AvgIpc) is 3.17. The van der Waals surface area contributed by atoms with Crippen molar-refractivity contribution in [3.63, 3.8) is 0 Å². The number of carbonyl (C=O) groups is 1. The van der Waals surface area contributed by atoms with Gasteiger partial charge in [0.05, 0.1) is 31.2 Å². The van der Waals surface area contributed by atoms with E-state index in [1.165, 1.54) is 30.6 Å². The fourth-order valence-corrected chi connectivity index (χ4v) is 4.41. The lowest BCUT2D eigenvalue weighted by Gasteiger charge is -2.38. The van der Waals surface area contributed by atoms with Crippen molar-refractivity contribution in [2.75, 3.05) is 26.2 Å². The van der Waals surface area contributed by atoms with Gasteiger partial charge >= 0.3 is 0 Å². The van der Waals surface area contributed by atoms with E-state index in [1.54, 1.807) is 0 Å². The molecule has 3 heterocycles. The van der Waals surface area contributed by atoms with E-state index in [0.717, 1.165) is 31.4 Å². The summed E-state index contributed by atoms with van der Waals surface area (Å²) < 4.78 is 28.0. The molecule has 2 aliphatic heterocycles. The number of imidazole rings is 1. The third kappa shape index (κ3) is 3.43. The molecule has 0 radical (unpaired) electrons. The summed E-state index contributed by atoms with van der Waals surface area (Å²) in [5.41, 5.74) is 0.699. The Morgan fingerprint density at radius 3 is 2.68 bits per heavy atom. The van der Waals surface area contributed by atoms with E-state index < -0.39 is 19.0 Å². The highest BCUT2D eigenvalue weighted by atomic mass is 19.3. The average molecular weight is 352 g/mol. The van der Waals surface area contributed by atoms with Crippen molar-refractivity contribution < 1.29 is 13.6 Å². The molecule has 4 rings (SSSR count). The number of amides is 1. The van der Waals surface area contributed by atoms with Crippen LogP contribution in [0.3, 0.4) is 0 Å². The van der Waals surface area contributed by atoms with Gasteiger partial charge in [0.2, 0.25) is 5.91 Å². The van der Waals surface area contributed by atoms with Crippen molar-refractivity contribution in [2.45, 2.75) is 57.5 Å². The van der Waals surface area contributed by atoms with E-state index in [4.69, 9.17) is 0 Å². The summed E-state index contributed by atoms with van der Waals surface area (Å²) in [4.78, 5) is 20.5. The molecule has 1 saturated heterocycles. The maximum absolute atomic E-state index is 12.9. The first-order valence-electron chi connectivity index (χ1n) is 9.37. The van der Waals surface area contributed by atoms with Crippen LogP contribution >= 0.6 is 0 Å². The zero-order chi connectivity index (χ0) is 17.6. The number of likely N-dealkylation sites (tertiary alicyclic amines) is 1. The van der Waals surface area contributed by atoms with Crippen LogP contribution in [0.25, 0.3) is 0 Å². The molecule has 7 heteroatoms. The number of fused-ring (bicyclic) bond motifs is 1. The van der Waals surface area contributed by atoms with E-state index in [1.807, 2.05) is 6.20 Å². The number of nitrogens with zero attached hydrogens (tertiary/aromatic N) is 4. The number of rotatable bonds is 4. The van der Waals surface area contributed by atoms with Crippen molar-refractivity contribution in [1.29, 1.82) is 0 Å². The SMILES string of the molecule is C[C@H]1c2nc(CC(=O)N3CC(F)(F)C3)cn2CCN1CC1CCCC1.